The summed E-state index contributed by atoms with van der Waals surface area (Å²) < 4.78 is 0. The first kappa shape index (κ1) is 14.9. The van der Waals surface area contributed by atoms with Gasteiger partial charge in [-0.1, -0.05) is 38.3 Å². The van der Waals surface area contributed by atoms with E-state index >= 15 is 0 Å². The Morgan fingerprint density at radius 1 is 1.25 bits per heavy atom. The maximum atomic E-state index is 11.9. The first-order chi connectivity index (χ1) is 9.48. The number of carbonyl (C=O) groups is 2. The van der Waals surface area contributed by atoms with E-state index in [1.54, 1.807) is 12.2 Å². The minimum absolute atomic E-state index is 0.171. The van der Waals surface area contributed by atoms with Crippen molar-refractivity contribution in [3.8, 4) is 0 Å². The number of hydrogen-bond acceptors (Lipinski definition) is 2. The molecule has 0 bridgehead atoms. The molecule has 1 fully saturated rings. The fourth-order valence-corrected chi connectivity index (χ4v) is 3.08. The second-order valence-corrected chi connectivity index (χ2v) is 6.37. The average Bonchev–Trinajstić information content (AvgIpc) is 2.86. The molecular weight excluding hydrogens is 256 g/mol. The van der Waals surface area contributed by atoms with Gasteiger partial charge in [-0.15, -0.1) is 0 Å². The van der Waals surface area contributed by atoms with Gasteiger partial charge in [-0.3, -0.25) is 4.79 Å². The van der Waals surface area contributed by atoms with E-state index in [0.29, 0.717) is 13.0 Å². The normalized spacial score (nSPS) is 28.1. The van der Waals surface area contributed by atoms with Crippen molar-refractivity contribution in [3.63, 3.8) is 0 Å². The molecular formula is C15H24N2O3. The molecule has 2 aliphatic rings. The van der Waals surface area contributed by atoms with E-state index in [9.17, 15) is 9.59 Å². The van der Waals surface area contributed by atoms with Gasteiger partial charge in [0.05, 0.1) is 12.0 Å². The Hall–Kier alpha value is -1.52. The van der Waals surface area contributed by atoms with Crippen molar-refractivity contribution in [2.75, 3.05) is 6.54 Å². The van der Waals surface area contributed by atoms with Crippen LogP contribution in [-0.4, -0.2) is 29.7 Å². The van der Waals surface area contributed by atoms with Gasteiger partial charge in [-0.2, -0.15) is 0 Å². The molecule has 5 heteroatoms. The molecule has 0 saturated heterocycles. The number of urea groups is 1. The van der Waals surface area contributed by atoms with Crippen LogP contribution < -0.4 is 10.6 Å². The highest BCUT2D eigenvalue weighted by Crippen LogP contribution is 2.34. The highest BCUT2D eigenvalue weighted by atomic mass is 16.4. The SMILES string of the molecule is CC1(CNC(=O)NC2C=CC(C(=O)O)C2)CCCCC1. The Bertz CT molecular complexity index is 400. The van der Waals surface area contributed by atoms with Crippen molar-refractivity contribution in [2.45, 2.75) is 51.5 Å². The number of aliphatic carboxylic acids is 1. The summed E-state index contributed by atoms with van der Waals surface area (Å²) in [6, 6.07) is -0.368. The third-order valence-corrected chi connectivity index (χ3v) is 4.45. The van der Waals surface area contributed by atoms with E-state index in [-0.39, 0.29) is 17.5 Å². The molecule has 2 rings (SSSR count). The van der Waals surface area contributed by atoms with Crippen LogP contribution in [0, 0.1) is 11.3 Å². The number of carboxylic acid groups (broad SMARTS) is 1. The standard InChI is InChI=1S/C15H24N2O3/c1-15(7-3-2-4-8-15)10-16-14(20)17-12-6-5-11(9-12)13(18)19/h5-6,11-12H,2-4,7-10H2,1H3,(H,18,19)(H2,16,17,20). The quantitative estimate of drug-likeness (QED) is 0.691. The molecule has 0 aromatic rings. The zero-order valence-corrected chi connectivity index (χ0v) is 12.0. The van der Waals surface area contributed by atoms with E-state index in [4.69, 9.17) is 5.11 Å². The largest absolute Gasteiger partial charge is 0.481 e. The maximum absolute atomic E-state index is 11.9. The van der Waals surface area contributed by atoms with Gasteiger partial charge < -0.3 is 15.7 Å². The predicted octanol–water partition coefficient (Wildman–Crippen LogP) is 2.29. The van der Waals surface area contributed by atoms with Crippen LogP contribution in [-0.2, 0) is 4.79 Å². The molecule has 0 heterocycles. The molecule has 0 aromatic heterocycles. The van der Waals surface area contributed by atoms with Crippen LogP contribution >= 0.6 is 0 Å². The van der Waals surface area contributed by atoms with Gasteiger partial charge in [0.25, 0.3) is 0 Å². The molecule has 2 amide bonds. The third kappa shape index (κ3) is 3.99. The zero-order chi connectivity index (χ0) is 14.6. The lowest BCUT2D eigenvalue weighted by atomic mass is 9.76. The van der Waals surface area contributed by atoms with Crippen molar-refractivity contribution < 1.29 is 14.7 Å². The molecule has 5 nitrogen and oxygen atoms in total. The lowest BCUT2D eigenvalue weighted by molar-refractivity contribution is -0.140. The van der Waals surface area contributed by atoms with Crippen LogP contribution in [0.25, 0.3) is 0 Å². The van der Waals surface area contributed by atoms with Crippen molar-refractivity contribution in [3.05, 3.63) is 12.2 Å². The lowest BCUT2D eigenvalue weighted by Crippen LogP contribution is -2.45. The second-order valence-electron chi connectivity index (χ2n) is 6.37. The van der Waals surface area contributed by atoms with E-state index in [2.05, 4.69) is 17.6 Å². The van der Waals surface area contributed by atoms with Crippen LogP contribution in [0.5, 0.6) is 0 Å². The summed E-state index contributed by atoms with van der Waals surface area (Å²) in [5, 5.41) is 14.6. The number of carboxylic acids is 1. The van der Waals surface area contributed by atoms with Crippen molar-refractivity contribution in [1.82, 2.24) is 10.6 Å². The Kier molecular flexibility index (Phi) is 4.68. The molecule has 0 aliphatic heterocycles. The van der Waals surface area contributed by atoms with Crippen molar-refractivity contribution in [1.29, 1.82) is 0 Å². The summed E-state index contributed by atoms with van der Waals surface area (Å²) >= 11 is 0. The van der Waals surface area contributed by atoms with Crippen LogP contribution in [0.4, 0.5) is 4.79 Å². The zero-order valence-electron chi connectivity index (χ0n) is 12.0. The molecule has 2 atom stereocenters. The van der Waals surface area contributed by atoms with Gasteiger partial charge in [0.1, 0.15) is 0 Å². The summed E-state index contributed by atoms with van der Waals surface area (Å²) in [6.45, 7) is 2.92. The summed E-state index contributed by atoms with van der Waals surface area (Å²) in [5.74, 6) is -1.31. The fourth-order valence-electron chi connectivity index (χ4n) is 3.08. The molecule has 1 saturated carbocycles. The van der Waals surface area contributed by atoms with Gasteiger partial charge in [0, 0.05) is 6.54 Å². The molecule has 3 N–H and O–H groups in total. The molecule has 2 unspecified atom stereocenters. The van der Waals surface area contributed by atoms with Gasteiger partial charge in [-0.25, -0.2) is 4.79 Å². The van der Waals surface area contributed by atoms with Gasteiger partial charge in [0.15, 0.2) is 0 Å². The van der Waals surface area contributed by atoms with E-state index < -0.39 is 11.9 Å². The highest BCUT2D eigenvalue weighted by molar-refractivity contribution is 5.76. The molecule has 0 aromatic carbocycles. The Morgan fingerprint density at radius 3 is 2.55 bits per heavy atom. The predicted molar refractivity (Wildman–Crippen MR) is 76.4 cm³/mol. The molecule has 0 radical (unpaired) electrons. The monoisotopic (exact) mass is 280 g/mol. The van der Waals surface area contributed by atoms with Crippen LogP contribution in [0.15, 0.2) is 12.2 Å². The van der Waals surface area contributed by atoms with E-state index in [0.717, 1.165) is 12.8 Å². The fraction of sp³-hybridized carbons (Fsp3) is 0.733. The third-order valence-electron chi connectivity index (χ3n) is 4.45. The van der Waals surface area contributed by atoms with Crippen LogP contribution in [0.2, 0.25) is 0 Å². The smallest absolute Gasteiger partial charge is 0.315 e. The number of rotatable bonds is 4. The highest BCUT2D eigenvalue weighted by Gasteiger charge is 2.28. The summed E-state index contributed by atoms with van der Waals surface area (Å²) in [4.78, 5) is 22.7. The Morgan fingerprint density at radius 2 is 1.95 bits per heavy atom. The first-order valence-electron chi connectivity index (χ1n) is 7.44. The van der Waals surface area contributed by atoms with E-state index in [1.165, 1.54) is 19.3 Å². The van der Waals surface area contributed by atoms with Crippen LogP contribution in [0.3, 0.4) is 0 Å². The average molecular weight is 280 g/mol. The topological polar surface area (TPSA) is 78.4 Å². The maximum Gasteiger partial charge on any atom is 0.315 e. The second kappa shape index (κ2) is 6.29. The molecule has 112 valence electrons. The first-order valence-corrected chi connectivity index (χ1v) is 7.44. The van der Waals surface area contributed by atoms with Gasteiger partial charge >= 0.3 is 12.0 Å². The molecule has 0 spiro atoms. The minimum atomic E-state index is -0.833. The summed E-state index contributed by atoms with van der Waals surface area (Å²) in [6.07, 6.45) is 9.97. The van der Waals surface area contributed by atoms with E-state index in [1.807, 2.05) is 0 Å². The number of hydrogen-bond donors (Lipinski definition) is 3. The molecule has 2 aliphatic carbocycles. The lowest BCUT2D eigenvalue weighted by Gasteiger charge is -2.33. The Labute approximate surface area is 119 Å². The van der Waals surface area contributed by atoms with Gasteiger partial charge in [0.2, 0.25) is 0 Å². The number of amides is 2. The summed E-state index contributed by atoms with van der Waals surface area (Å²) in [5.41, 5.74) is 0.213. The van der Waals surface area contributed by atoms with Crippen molar-refractivity contribution in [2.24, 2.45) is 11.3 Å². The van der Waals surface area contributed by atoms with Gasteiger partial charge in [-0.05, 0) is 24.7 Å². The molecule has 20 heavy (non-hydrogen) atoms. The number of nitrogens with one attached hydrogen (secondary N) is 2. The summed E-state index contributed by atoms with van der Waals surface area (Å²) in [7, 11) is 0. The Balaban J connectivity index is 1.71. The van der Waals surface area contributed by atoms with Crippen LogP contribution in [0.1, 0.15) is 45.4 Å². The minimum Gasteiger partial charge on any atom is -0.481 e. The van der Waals surface area contributed by atoms with Crippen molar-refractivity contribution >= 4 is 12.0 Å². The number of carbonyl (C=O) groups excluding carboxylic acids is 1.